The Labute approximate surface area is 95.5 Å². The number of ether oxygens (including phenoxy) is 1. The molecule has 0 radical (unpaired) electrons. The van der Waals surface area contributed by atoms with E-state index in [-0.39, 0.29) is 0 Å². The topological polar surface area (TPSA) is 9.23 Å². The van der Waals surface area contributed by atoms with Crippen LogP contribution in [0, 0.1) is 0 Å². The maximum atomic E-state index is 5.59. The van der Waals surface area contributed by atoms with Gasteiger partial charge in [-0.1, -0.05) is 30.3 Å². The molecule has 2 rings (SSSR count). The number of hydrogen-bond acceptors (Lipinski definition) is 2. The molecule has 1 atom stereocenters. The van der Waals surface area contributed by atoms with Crippen molar-refractivity contribution in [3.63, 3.8) is 0 Å². The molecule has 1 aromatic carbocycles. The largest absolute Gasteiger partial charge is 0.499 e. The fourth-order valence-electron chi connectivity index (χ4n) is 1.32. The first-order valence-electron chi connectivity index (χ1n) is 5.17. The zero-order valence-electron chi connectivity index (χ0n) is 9.19. The third-order valence-electron chi connectivity index (χ3n) is 2.52. The second-order valence-corrected chi connectivity index (χ2v) is 5.78. The molecule has 1 fully saturated rings. The van der Waals surface area contributed by atoms with Crippen molar-refractivity contribution in [3.05, 3.63) is 42.2 Å². The van der Waals surface area contributed by atoms with Gasteiger partial charge < -0.3 is 4.74 Å². The Kier molecular flexibility index (Phi) is 3.06. The van der Waals surface area contributed by atoms with E-state index >= 15 is 0 Å². The molecule has 0 amide bonds. The fraction of sp³-hybridized carbons (Fsp3) is 0.385. The second-order valence-electron chi connectivity index (χ2n) is 4.22. The van der Waals surface area contributed by atoms with E-state index in [1.54, 1.807) is 0 Å². The SMILES string of the molecule is C/C(=C/OCC1(C)CS1)c1ccccc1. The van der Waals surface area contributed by atoms with Gasteiger partial charge in [-0.2, -0.15) is 0 Å². The van der Waals surface area contributed by atoms with Gasteiger partial charge in [0.25, 0.3) is 0 Å². The lowest BCUT2D eigenvalue weighted by molar-refractivity contribution is 0.237. The van der Waals surface area contributed by atoms with Gasteiger partial charge in [0.15, 0.2) is 0 Å². The number of benzene rings is 1. The molecule has 0 aliphatic carbocycles. The Morgan fingerprint density at radius 2 is 2.13 bits per heavy atom. The number of rotatable bonds is 4. The van der Waals surface area contributed by atoms with Gasteiger partial charge in [0, 0.05) is 5.75 Å². The summed E-state index contributed by atoms with van der Waals surface area (Å²) in [6.45, 7) is 5.14. The fourth-order valence-corrected chi connectivity index (χ4v) is 1.80. The summed E-state index contributed by atoms with van der Waals surface area (Å²) in [7, 11) is 0. The molecular formula is C13H16OS. The molecule has 0 saturated carbocycles. The zero-order valence-corrected chi connectivity index (χ0v) is 10.0. The third-order valence-corrected chi connectivity index (χ3v) is 3.91. The van der Waals surface area contributed by atoms with Crippen LogP contribution in [0.5, 0.6) is 0 Å². The lowest BCUT2D eigenvalue weighted by Crippen LogP contribution is -2.10. The van der Waals surface area contributed by atoms with Crippen molar-refractivity contribution < 1.29 is 4.74 Å². The van der Waals surface area contributed by atoms with Gasteiger partial charge in [0.1, 0.15) is 6.61 Å². The monoisotopic (exact) mass is 220 g/mol. The van der Waals surface area contributed by atoms with Crippen LogP contribution in [0.1, 0.15) is 19.4 Å². The van der Waals surface area contributed by atoms with Gasteiger partial charge in [-0.25, -0.2) is 0 Å². The number of allylic oxidation sites excluding steroid dienone is 1. The minimum atomic E-state index is 0.382. The van der Waals surface area contributed by atoms with Crippen molar-refractivity contribution in [1.29, 1.82) is 0 Å². The number of thioether (sulfide) groups is 1. The Morgan fingerprint density at radius 1 is 1.47 bits per heavy atom. The summed E-state index contributed by atoms with van der Waals surface area (Å²) < 4.78 is 5.98. The van der Waals surface area contributed by atoms with Gasteiger partial charge >= 0.3 is 0 Å². The predicted molar refractivity (Wildman–Crippen MR) is 66.9 cm³/mol. The molecule has 1 heterocycles. The molecule has 1 nitrogen and oxygen atoms in total. The Hall–Kier alpha value is -0.890. The molecule has 2 heteroatoms. The van der Waals surface area contributed by atoms with E-state index in [2.05, 4.69) is 26.0 Å². The van der Waals surface area contributed by atoms with E-state index in [0.717, 1.165) is 6.61 Å². The Balaban J connectivity index is 1.90. The first-order chi connectivity index (χ1) is 7.20. The lowest BCUT2D eigenvalue weighted by Gasteiger charge is -2.07. The molecule has 80 valence electrons. The average Bonchev–Trinajstić information content (AvgIpc) is 2.98. The second kappa shape index (κ2) is 4.31. The van der Waals surface area contributed by atoms with Gasteiger partial charge in [-0.3, -0.25) is 0 Å². The Bertz CT molecular complexity index is 352. The van der Waals surface area contributed by atoms with Crippen LogP contribution in [0.25, 0.3) is 5.57 Å². The van der Waals surface area contributed by atoms with Gasteiger partial charge in [0.05, 0.1) is 11.0 Å². The van der Waals surface area contributed by atoms with Crippen LogP contribution in [0.15, 0.2) is 36.6 Å². The van der Waals surface area contributed by atoms with Gasteiger partial charge in [0.2, 0.25) is 0 Å². The first-order valence-corrected chi connectivity index (χ1v) is 6.16. The molecular weight excluding hydrogens is 204 g/mol. The molecule has 0 spiro atoms. The maximum absolute atomic E-state index is 5.59. The van der Waals surface area contributed by atoms with E-state index in [1.165, 1.54) is 16.9 Å². The summed E-state index contributed by atoms with van der Waals surface area (Å²) in [5, 5.41) is 0. The molecule has 0 bridgehead atoms. The number of hydrogen-bond donors (Lipinski definition) is 0. The summed E-state index contributed by atoms with van der Waals surface area (Å²) >= 11 is 1.96. The molecule has 1 unspecified atom stereocenters. The van der Waals surface area contributed by atoms with Crippen LogP contribution in [0.4, 0.5) is 0 Å². The van der Waals surface area contributed by atoms with Crippen molar-refractivity contribution >= 4 is 17.3 Å². The van der Waals surface area contributed by atoms with E-state index in [4.69, 9.17) is 4.74 Å². The highest BCUT2D eigenvalue weighted by Gasteiger charge is 2.39. The van der Waals surface area contributed by atoms with Crippen LogP contribution in [-0.4, -0.2) is 17.1 Å². The predicted octanol–water partition coefficient (Wildman–Crippen LogP) is 3.57. The zero-order chi connectivity index (χ0) is 10.7. The highest BCUT2D eigenvalue weighted by Crippen LogP contribution is 2.44. The summed E-state index contributed by atoms with van der Waals surface area (Å²) in [4.78, 5) is 0. The van der Waals surface area contributed by atoms with Gasteiger partial charge in [-0.05, 0) is 25.0 Å². The minimum Gasteiger partial charge on any atom is -0.499 e. The molecule has 15 heavy (non-hydrogen) atoms. The third kappa shape index (κ3) is 3.03. The quantitative estimate of drug-likeness (QED) is 0.566. The van der Waals surface area contributed by atoms with Crippen LogP contribution < -0.4 is 0 Å². The van der Waals surface area contributed by atoms with E-state index in [9.17, 15) is 0 Å². The molecule has 1 aliphatic rings. The van der Waals surface area contributed by atoms with Crippen LogP contribution >= 0.6 is 11.8 Å². The maximum Gasteiger partial charge on any atom is 0.102 e. The molecule has 1 aliphatic heterocycles. The molecule has 0 aromatic heterocycles. The highest BCUT2D eigenvalue weighted by molar-refractivity contribution is 8.07. The Morgan fingerprint density at radius 3 is 2.73 bits per heavy atom. The minimum absolute atomic E-state index is 0.382. The highest BCUT2D eigenvalue weighted by atomic mass is 32.2. The standard InChI is InChI=1S/C13H16OS/c1-11(12-6-4-3-5-7-12)8-14-9-13(2)10-15-13/h3-8H,9-10H2,1-2H3/b11-8-. The average molecular weight is 220 g/mol. The first kappa shape index (κ1) is 10.6. The van der Waals surface area contributed by atoms with Crippen molar-refractivity contribution in [2.45, 2.75) is 18.6 Å². The van der Waals surface area contributed by atoms with E-state index in [1.807, 2.05) is 36.2 Å². The van der Waals surface area contributed by atoms with E-state index in [0.29, 0.717) is 4.75 Å². The van der Waals surface area contributed by atoms with E-state index < -0.39 is 0 Å². The van der Waals surface area contributed by atoms with Crippen molar-refractivity contribution in [2.75, 3.05) is 12.4 Å². The van der Waals surface area contributed by atoms with Crippen LogP contribution in [0.3, 0.4) is 0 Å². The molecule has 0 N–H and O–H groups in total. The summed E-state index contributed by atoms with van der Waals surface area (Å²) in [6.07, 6.45) is 1.87. The van der Waals surface area contributed by atoms with Crippen LogP contribution in [-0.2, 0) is 4.74 Å². The van der Waals surface area contributed by atoms with Crippen molar-refractivity contribution in [3.8, 4) is 0 Å². The van der Waals surface area contributed by atoms with Gasteiger partial charge in [-0.15, -0.1) is 11.8 Å². The summed E-state index contributed by atoms with van der Waals surface area (Å²) in [5.41, 5.74) is 2.41. The van der Waals surface area contributed by atoms with Crippen molar-refractivity contribution in [1.82, 2.24) is 0 Å². The summed E-state index contributed by atoms with van der Waals surface area (Å²) in [5.74, 6) is 1.23. The lowest BCUT2D eigenvalue weighted by atomic mass is 10.1. The molecule has 1 saturated heterocycles. The van der Waals surface area contributed by atoms with Crippen molar-refractivity contribution in [2.24, 2.45) is 0 Å². The molecule has 1 aromatic rings. The summed E-state index contributed by atoms with van der Waals surface area (Å²) in [6, 6.07) is 10.3. The van der Waals surface area contributed by atoms with Crippen LogP contribution in [0.2, 0.25) is 0 Å². The smallest absolute Gasteiger partial charge is 0.102 e. The normalized spacial score (nSPS) is 25.1.